The monoisotopic (exact) mass is 341 g/mol. The summed E-state index contributed by atoms with van der Waals surface area (Å²) in [5, 5.41) is 0. The topological polar surface area (TPSA) is 71.5 Å². The van der Waals surface area contributed by atoms with E-state index in [4.69, 9.17) is 4.74 Å². The van der Waals surface area contributed by atoms with Crippen LogP contribution >= 0.6 is 0 Å². The van der Waals surface area contributed by atoms with Crippen LogP contribution in [0.4, 0.5) is 5.82 Å². The second kappa shape index (κ2) is 7.92. The summed E-state index contributed by atoms with van der Waals surface area (Å²) in [4.78, 5) is 28.9. The lowest BCUT2D eigenvalue weighted by atomic mass is 10.1. The Kier molecular flexibility index (Phi) is 5.42. The van der Waals surface area contributed by atoms with Gasteiger partial charge in [-0.2, -0.15) is 0 Å². The number of carbonyl (C=O) groups is 1. The molecule has 7 heteroatoms. The van der Waals surface area contributed by atoms with Crippen molar-refractivity contribution < 1.29 is 9.53 Å². The number of anilines is 1. The molecule has 0 spiro atoms. The molecular weight excluding hydrogens is 318 g/mol. The molecule has 0 bridgehead atoms. The largest absolute Gasteiger partial charge is 0.470 e. The van der Waals surface area contributed by atoms with Crippen LogP contribution in [0, 0.1) is 0 Å². The van der Waals surface area contributed by atoms with Gasteiger partial charge in [0, 0.05) is 45.4 Å². The number of hydrogen-bond acceptors (Lipinski definition) is 6. The van der Waals surface area contributed by atoms with Crippen LogP contribution in [0.3, 0.4) is 0 Å². The molecule has 0 radical (unpaired) electrons. The fourth-order valence-electron chi connectivity index (χ4n) is 2.92. The molecule has 0 aliphatic carbocycles. The number of hydrogen-bond donors (Lipinski definition) is 0. The molecule has 0 N–H and O–H groups in total. The minimum absolute atomic E-state index is 0.0676. The maximum Gasteiger partial charge on any atom is 0.257 e. The van der Waals surface area contributed by atoms with E-state index in [1.54, 1.807) is 24.8 Å². The van der Waals surface area contributed by atoms with Gasteiger partial charge in [-0.1, -0.05) is 6.07 Å². The van der Waals surface area contributed by atoms with Gasteiger partial charge in [-0.15, -0.1) is 0 Å². The molecule has 3 rings (SSSR count). The molecule has 1 atom stereocenters. The quantitative estimate of drug-likeness (QED) is 0.822. The van der Waals surface area contributed by atoms with Crippen LogP contribution < -0.4 is 9.64 Å². The van der Waals surface area contributed by atoms with Crippen molar-refractivity contribution in [1.82, 2.24) is 19.9 Å². The number of ether oxygens (including phenoxy) is 1. The van der Waals surface area contributed by atoms with Crippen LogP contribution in [0.1, 0.15) is 18.4 Å². The SMILES string of the molecule is CN(C)c1nccnc1O[C@@H]1CCCN(C(=O)Cc2cccnc2)C1. The van der Waals surface area contributed by atoms with Gasteiger partial charge in [0.15, 0.2) is 5.82 Å². The first-order valence-corrected chi connectivity index (χ1v) is 8.45. The normalized spacial score (nSPS) is 17.2. The molecule has 7 nitrogen and oxygen atoms in total. The maximum atomic E-state index is 12.5. The maximum absolute atomic E-state index is 12.5. The summed E-state index contributed by atoms with van der Waals surface area (Å²) in [5.41, 5.74) is 0.930. The molecule has 1 amide bonds. The van der Waals surface area contributed by atoms with E-state index in [0.29, 0.717) is 24.7 Å². The molecule has 1 saturated heterocycles. The second-order valence-electron chi connectivity index (χ2n) is 6.34. The minimum atomic E-state index is -0.0676. The van der Waals surface area contributed by atoms with Crippen LogP contribution in [0.2, 0.25) is 0 Å². The van der Waals surface area contributed by atoms with E-state index in [2.05, 4.69) is 15.0 Å². The number of amides is 1. The Morgan fingerprint density at radius 1 is 1.32 bits per heavy atom. The third-order valence-corrected chi connectivity index (χ3v) is 4.16. The van der Waals surface area contributed by atoms with Crippen molar-refractivity contribution in [2.24, 2.45) is 0 Å². The Morgan fingerprint density at radius 2 is 2.16 bits per heavy atom. The zero-order valence-electron chi connectivity index (χ0n) is 14.6. The summed E-state index contributed by atoms with van der Waals surface area (Å²) < 4.78 is 6.06. The van der Waals surface area contributed by atoms with Crippen molar-refractivity contribution >= 4 is 11.7 Å². The Balaban J connectivity index is 1.62. The fourth-order valence-corrected chi connectivity index (χ4v) is 2.92. The van der Waals surface area contributed by atoms with Gasteiger partial charge in [0.2, 0.25) is 5.91 Å². The molecule has 2 aromatic rings. The average Bonchev–Trinajstić information content (AvgIpc) is 2.63. The number of nitrogens with zero attached hydrogens (tertiary/aromatic N) is 5. The molecule has 0 unspecified atom stereocenters. The third kappa shape index (κ3) is 4.43. The number of piperidine rings is 1. The molecular formula is C18H23N5O2. The summed E-state index contributed by atoms with van der Waals surface area (Å²) in [6, 6.07) is 3.77. The van der Waals surface area contributed by atoms with Crippen LogP contribution in [-0.2, 0) is 11.2 Å². The molecule has 0 aromatic carbocycles. The van der Waals surface area contributed by atoms with Crippen LogP contribution in [0.25, 0.3) is 0 Å². The lowest BCUT2D eigenvalue weighted by Crippen LogP contribution is -2.45. The van der Waals surface area contributed by atoms with Crippen molar-refractivity contribution in [1.29, 1.82) is 0 Å². The van der Waals surface area contributed by atoms with Crippen molar-refractivity contribution in [2.45, 2.75) is 25.4 Å². The number of likely N-dealkylation sites (tertiary alicyclic amines) is 1. The molecule has 25 heavy (non-hydrogen) atoms. The minimum Gasteiger partial charge on any atom is -0.470 e. The van der Waals surface area contributed by atoms with E-state index in [1.165, 1.54) is 0 Å². The smallest absolute Gasteiger partial charge is 0.257 e. The Bertz CT molecular complexity index is 708. The standard InChI is InChI=1S/C18H23N5O2/c1-22(2)17-18(21-9-8-20-17)25-15-6-4-10-23(13-15)16(24)11-14-5-3-7-19-12-14/h3,5,7-9,12,15H,4,6,10-11,13H2,1-2H3/t15-/m1/s1. The fraction of sp³-hybridized carbons (Fsp3) is 0.444. The highest BCUT2D eigenvalue weighted by atomic mass is 16.5. The number of rotatable bonds is 5. The number of pyridine rings is 1. The van der Waals surface area contributed by atoms with Gasteiger partial charge in [-0.25, -0.2) is 9.97 Å². The Hall–Kier alpha value is -2.70. The highest BCUT2D eigenvalue weighted by Gasteiger charge is 2.26. The van der Waals surface area contributed by atoms with Gasteiger partial charge in [0.05, 0.1) is 13.0 Å². The van der Waals surface area contributed by atoms with Gasteiger partial charge in [-0.05, 0) is 24.5 Å². The molecule has 1 fully saturated rings. The zero-order valence-corrected chi connectivity index (χ0v) is 14.6. The van der Waals surface area contributed by atoms with Crippen molar-refractivity contribution in [3.8, 4) is 5.88 Å². The van der Waals surface area contributed by atoms with Gasteiger partial charge in [0.25, 0.3) is 5.88 Å². The van der Waals surface area contributed by atoms with E-state index in [1.807, 2.05) is 36.0 Å². The molecule has 3 heterocycles. The number of aromatic nitrogens is 3. The Labute approximate surface area is 147 Å². The van der Waals surface area contributed by atoms with Crippen molar-refractivity contribution in [2.75, 3.05) is 32.1 Å². The van der Waals surface area contributed by atoms with Crippen LogP contribution in [-0.4, -0.2) is 59.0 Å². The van der Waals surface area contributed by atoms with Crippen LogP contribution in [0.5, 0.6) is 5.88 Å². The second-order valence-corrected chi connectivity index (χ2v) is 6.34. The highest BCUT2D eigenvalue weighted by Crippen LogP contribution is 2.24. The summed E-state index contributed by atoms with van der Waals surface area (Å²) in [7, 11) is 3.81. The molecule has 2 aromatic heterocycles. The first-order chi connectivity index (χ1) is 12.1. The van der Waals surface area contributed by atoms with Crippen molar-refractivity contribution in [3.63, 3.8) is 0 Å². The summed E-state index contributed by atoms with van der Waals surface area (Å²) in [5.74, 6) is 1.31. The molecule has 1 aliphatic rings. The first-order valence-electron chi connectivity index (χ1n) is 8.45. The van der Waals surface area contributed by atoms with Gasteiger partial charge < -0.3 is 14.5 Å². The molecule has 1 aliphatic heterocycles. The van der Waals surface area contributed by atoms with Gasteiger partial charge in [-0.3, -0.25) is 9.78 Å². The van der Waals surface area contributed by atoms with E-state index in [0.717, 1.165) is 24.9 Å². The highest BCUT2D eigenvalue weighted by molar-refractivity contribution is 5.78. The predicted octanol–water partition coefficient (Wildman–Crippen LogP) is 1.55. The zero-order chi connectivity index (χ0) is 17.6. The number of carbonyl (C=O) groups excluding carboxylic acids is 1. The van der Waals surface area contributed by atoms with Crippen molar-refractivity contribution in [3.05, 3.63) is 42.5 Å². The summed E-state index contributed by atoms with van der Waals surface area (Å²) in [6.45, 7) is 1.34. The van der Waals surface area contributed by atoms with E-state index < -0.39 is 0 Å². The third-order valence-electron chi connectivity index (χ3n) is 4.16. The predicted molar refractivity (Wildman–Crippen MR) is 94.5 cm³/mol. The van der Waals surface area contributed by atoms with E-state index in [9.17, 15) is 4.79 Å². The van der Waals surface area contributed by atoms with Gasteiger partial charge >= 0.3 is 0 Å². The van der Waals surface area contributed by atoms with E-state index in [-0.39, 0.29) is 12.0 Å². The summed E-state index contributed by atoms with van der Waals surface area (Å²) >= 11 is 0. The first kappa shape index (κ1) is 17.1. The average molecular weight is 341 g/mol. The summed E-state index contributed by atoms with van der Waals surface area (Å²) in [6.07, 6.45) is 8.83. The molecule has 132 valence electrons. The van der Waals surface area contributed by atoms with Gasteiger partial charge in [0.1, 0.15) is 6.10 Å². The lowest BCUT2D eigenvalue weighted by molar-refractivity contribution is -0.133. The van der Waals surface area contributed by atoms with E-state index >= 15 is 0 Å². The lowest BCUT2D eigenvalue weighted by Gasteiger charge is -2.33. The Morgan fingerprint density at radius 3 is 2.92 bits per heavy atom. The molecule has 0 saturated carbocycles. The van der Waals surface area contributed by atoms with Crippen LogP contribution in [0.15, 0.2) is 36.9 Å².